The third-order valence-corrected chi connectivity index (χ3v) is 4.27. The number of fused-ring (bicyclic) bond motifs is 1. The van der Waals surface area contributed by atoms with Crippen molar-refractivity contribution in [2.75, 3.05) is 12.5 Å². The molecule has 4 heteroatoms. The molecule has 1 aromatic carbocycles. The second-order valence-corrected chi connectivity index (χ2v) is 5.84. The third-order valence-electron chi connectivity index (χ3n) is 4.27. The summed E-state index contributed by atoms with van der Waals surface area (Å²) in [4.78, 5) is 0. The van der Waals surface area contributed by atoms with Crippen LogP contribution in [0, 0.1) is 6.92 Å². The standard InChI is InChI=1S/C15H23N3O/c1-10-13-9-18(2)17-14(13)7-8-15(10)19-12-5-3-11(16)4-6-12/h7-8,11-12,17H,3-6,9,16H2,1-2H3. The summed E-state index contributed by atoms with van der Waals surface area (Å²) in [5, 5.41) is 2.10. The van der Waals surface area contributed by atoms with Crippen LogP contribution in [0.15, 0.2) is 12.1 Å². The first-order chi connectivity index (χ1) is 9.13. The molecule has 3 N–H and O–H groups in total. The van der Waals surface area contributed by atoms with Gasteiger partial charge in [0.1, 0.15) is 5.75 Å². The number of nitrogens with zero attached hydrogens (tertiary/aromatic N) is 1. The van der Waals surface area contributed by atoms with Crippen LogP contribution < -0.4 is 15.9 Å². The van der Waals surface area contributed by atoms with Crippen molar-refractivity contribution in [2.45, 2.75) is 51.3 Å². The molecule has 0 saturated heterocycles. The predicted octanol–water partition coefficient (Wildman–Crippen LogP) is 2.42. The zero-order chi connectivity index (χ0) is 13.4. The number of nitrogens with one attached hydrogen (secondary N) is 1. The molecule has 3 rings (SSSR count). The number of nitrogens with two attached hydrogens (primary N) is 1. The monoisotopic (exact) mass is 261 g/mol. The minimum Gasteiger partial charge on any atom is -0.490 e. The third kappa shape index (κ3) is 2.55. The van der Waals surface area contributed by atoms with E-state index in [1.807, 2.05) is 0 Å². The lowest BCUT2D eigenvalue weighted by atomic mass is 9.93. The van der Waals surface area contributed by atoms with Gasteiger partial charge in [-0.05, 0) is 55.9 Å². The Kier molecular flexibility index (Phi) is 3.37. The molecule has 0 radical (unpaired) electrons. The van der Waals surface area contributed by atoms with Crippen molar-refractivity contribution in [2.24, 2.45) is 5.73 Å². The highest BCUT2D eigenvalue weighted by Crippen LogP contribution is 2.34. The van der Waals surface area contributed by atoms with Crippen molar-refractivity contribution >= 4 is 5.69 Å². The molecule has 1 fully saturated rings. The van der Waals surface area contributed by atoms with Crippen molar-refractivity contribution in [3.63, 3.8) is 0 Å². The first kappa shape index (κ1) is 12.8. The minimum atomic E-state index is 0.337. The number of rotatable bonds is 2. The molecule has 1 heterocycles. The number of ether oxygens (including phenoxy) is 1. The van der Waals surface area contributed by atoms with Crippen molar-refractivity contribution in [3.05, 3.63) is 23.3 Å². The van der Waals surface area contributed by atoms with Crippen LogP contribution in [0.4, 0.5) is 5.69 Å². The smallest absolute Gasteiger partial charge is 0.123 e. The van der Waals surface area contributed by atoms with Gasteiger partial charge in [-0.15, -0.1) is 0 Å². The van der Waals surface area contributed by atoms with E-state index in [1.54, 1.807) is 0 Å². The van der Waals surface area contributed by atoms with Gasteiger partial charge in [-0.1, -0.05) is 0 Å². The van der Waals surface area contributed by atoms with Crippen molar-refractivity contribution in [1.29, 1.82) is 0 Å². The van der Waals surface area contributed by atoms with E-state index in [2.05, 4.69) is 36.5 Å². The Labute approximate surface area is 114 Å². The lowest BCUT2D eigenvalue weighted by Gasteiger charge is -2.27. The van der Waals surface area contributed by atoms with Crippen molar-refractivity contribution < 1.29 is 4.74 Å². The summed E-state index contributed by atoms with van der Waals surface area (Å²) in [6, 6.07) is 4.59. The van der Waals surface area contributed by atoms with Gasteiger partial charge < -0.3 is 15.9 Å². The first-order valence-corrected chi connectivity index (χ1v) is 7.16. The summed E-state index contributed by atoms with van der Waals surface area (Å²) >= 11 is 0. The zero-order valence-corrected chi connectivity index (χ0v) is 11.8. The highest BCUT2D eigenvalue weighted by atomic mass is 16.5. The van der Waals surface area contributed by atoms with E-state index >= 15 is 0 Å². The molecule has 4 nitrogen and oxygen atoms in total. The summed E-state index contributed by atoms with van der Waals surface area (Å²) in [5.41, 5.74) is 13.1. The molecule has 19 heavy (non-hydrogen) atoms. The Hall–Kier alpha value is -1.26. The molecule has 1 aromatic rings. The van der Waals surface area contributed by atoms with Crippen LogP contribution in [0.5, 0.6) is 5.75 Å². The van der Waals surface area contributed by atoms with Crippen LogP contribution >= 0.6 is 0 Å². The Bertz CT molecular complexity index is 467. The summed E-state index contributed by atoms with van der Waals surface area (Å²) in [6.07, 6.45) is 4.66. The Morgan fingerprint density at radius 2 is 2.00 bits per heavy atom. The Morgan fingerprint density at radius 3 is 2.74 bits per heavy atom. The Morgan fingerprint density at radius 1 is 1.26 bits per heavy atom. The van der Waals surface area contributed by atoms with Crippen LogP contribution in [-0.2, 0) is 6.54 Å². The molecule has 0 spiro atoms. The molecule has 0 bridgehead atoms. The highest BCUT2D eigenvalue weighted by molar-refractivity contribution is 5.60. The fourth-order valence-electron chi connectivity index (χ4n) is 3.04. The van der Waals surface area contributed by atoms with Gasteiger partial charge in [-0.2, -0.15) is 0 Å². The lowest BCUT2D eigenvalue weighted by Crippen LogP contribution is -2.31. The van der Waals surface area contributed by atoms with E-state index in [0.717, 1.165) is 38.0 Å². The van der Waals surface area contributed by atoms with Gasteiger partial charge in [0, 0.05) is 19.6 Å². The van der Waals surface area contributed by atoms with Crippen LogP contribution in [0.3, 0.4) is 0 Å². The minimum absolute atomic E-state index is 0.337. The number of benzene rings is 1. The second kappa shape index (κ2) is 5.02. The molecule has 1 aliphatic carbocycles. The summed E-state index contributed by atoms with van der Waals surface area (Å²) in [6.45, 7) is 3.09. The fraction of sp³-hybridized carbons (Fsp3) is 0.600. The number of hydrazine groups is 1. The van der Waals surface area contributed by atoms with E-state index < -0.39 is 0 Å². The van der Waals surface area contributed by atoms with Crippen LogP contribution in [-0.4, -0.2) is 24.2 Å². The first-order valence-electron chi connectivity index (χ1n) is 7.16. The molecule has 0 atom stereocenters. The van der Waals surface area contributed by atoms with E-state index in [0.29, 0.717) is 12.1 Å². The van der Waals surface area contributed by atoms with E-state index in [-0.39, 0.29) is 0 Å². The average molecular weight is 261 g/mol. The second-order valence-electron chi connectivity index (χ2n) is 5.84. The lowest BCUT2D eigenvalue weighted by molar-refractivity contribution is 0.146. The largest absolute Gasteiger partial charge is 0.490 e. The number of hydrogen-bond donors (Lipinski definition) is 2. The maximum atomic E-state index is 6.19. The van der Waals surface area contributed by atoms with E-state index in [1.165, 1.54) is 16.8 Å². The molecule has 0 amide bonds. The molecule has 0 aromatic heterocycles. The zero-order valence-electron chi connectivity index (χ0n) is 11.8. The highest BCUT2D eigenvalue weighted by Gasteiger charge is 2.23. The normalized spacial score (nSPS) is 26.9. The van der Waals surface area contributed by atoms with Gasteiger partial charge in [-0.25, -0.2) is 5.01 Å². The van der Waals surface area contributed by atoms with Gasteiger partial charge in [0.2, 0.25) is 0 Å². The van der Waals surface area contributed by atoms with Gasteiger partial charge in [0.05, 0.1) is 11.8 Å². The van der Waals surface area contributed by atoms with Gasteiger partial charge in [0.25, 0.3) is 0 Å². The van der Waals surface area contributed by atoms with Gasteiger partial charge >= 0.3 is 0 Å². The van der Waals surface area contributed by atoms with Gasteiger partial charge in [-0.3, -0.25) is 0 Å². The van der Waals surface area contributed by atoms with E-state index in [4.69, 9.17) is 10.5 Å². The van der Waals surface area contributed by atoms with Crippen molar-refractivity contribution in [3.8, 4) is 5.75 Å². The quantitative estimate of drug-likeness (QED) is 0.858. The average Bonchev–Trinajstić information content (AvgIpc) is 2.77. The van der Waals surface area contributed by atoms with E-state index in [9.17, 15) is 0 Å². The topological polar surface area (TPSA) is 50.5 Å². The summed E-state index contributed by atoms with van der Waals surface area (Å²) in [5.74, 6) is 1.04. The number of anilines is 1. The maximum Gasteiger partial charge on any atom is 0.123 e. The number of hydrogen-bond acceptors (Lipinski definition) is 4. The van der Waals surface area contributed by atoms with Crippen LogP contribution in [0.25, 0.3) is 0 Å². The molecule has 1 saturated carbocycles. The molecular formula is C15H23N3O. The maximum absolute atomic E-state index is 6.19. The summed E-state index contributed by atoms with van der Waals surface area (Å²) < 4.78 is 6.19. The SMILES string of the molecule is Cc1c(OC2CCC(N)CC2)ccc2c1CN(C)N2. The predicted molar refractivity (Wildman–Crippen MR) is 77.1 cm³/mol. The van der Waals surface area contributed by atoms with Crippen LogP contribution in [0.2, 0.25) is 0 Å². The molecule has 0 unspecified atom stereocenters. The van der Waals surface area contributed by atoms with Gasteiger partial charge in [0.15, 0.2) is 0 Å². The molecular weight excluding hydrogens is 238 g/mol. The van der Waals surface area contributed by atoms with Crippen molar-refractivity contribution in [1.82, 2.24) is 5.01 Å². The molecule has 1 aliphatic heterocycles. The molecule has 2 aliphatic rings. The summed E-state index contributed by atoms with van der Waals surface area (Å²) in [7, 11) is 2.06. The Balaban J connectivity index is 1.74. The fourth-order valence-corrected chi connectivity index (χ4v) is 3.04. The molecule has 104 valence electrons. The van der Waals surface area contributed by atoms with Crippen LogP contribution in [0.1, 0.15) is 36.8 Å².